The van der Waals surface area contributed by atoms with E-state index in [4.69, 9.17) is 4.98 Å². The van der Waals surface area contributed by atoms with E-state index in [0.29, 0.717) is 0 Å². The van der Waals surface area contributed by atoms with Gasteiger partial charge in [-0.15, -0.1) is 0 Å². The molecule has 0 amide bonds. The Morgan fingerprint density at radius 2 is 1.96 bits per heavy atom. The first-order chi connectivity index (χ1) is 11.5. The van der Waals surface area contributed by atoms with Gasteiger partial charge in [0.25, 0.3) is 0 Å². The fourth-order valence-electron chi connectivity index (χ4n) is 3.04. The Bertz CT molecular complexity index is 873. The number of hydrogen-bond acceptors (Lipinski definition) is 5. The molecule has 0 aliphatic carbocycles. The van der Waals surface area contributed by atoms with Gasteiger partial charge in [-0.25, -0.2) is 15.0 Å². The van der Waals surface area contributed by atoms with Crippen LogP contribution in [0.25, 0.3) is 22.6 Å². The number of nitrogens with zero attached hydrogens (tertiary/aromatic N) is 6. The third-order valence-electron chi connectivity index (χ3n) is 4.27. The van der Waals surface area contributed by atoms with Gasteiger partial charge in [-0.05, 0) is 34.1 Å². The van der Waals surface area contributed by atoms with Crippen LogP contribution >= 0.6 is 0 Å². The van der Waals surface area contributed by atoms with Gasteiger partial charge in [-0.1, -0.05) is 6.92 Å². The molecule has 0 radical (unpaired) electrons. The zero-order valence-corrected chi connectivity index (χ0v) is 15.3. The van der Waals surface area contributed by atoms with Crippen LogP contribution in [0.1, 0.15) is 44.6 Å². The number of nitrogens with one attached hydrogen (secondary N) is 1. The number of aromatic nitrogens is 6. The minimum atomic E-state index is 0.234. The molecule has 3 aromatic rings. The number of aryl methyl sites for hydroxylation is 2. The van der Waals surface area contributed by atoms with Crippen molar-refractivity contribution in [3.8, 4) is 11.4 Å². The lowest BCUT2D eigenvalue weighted by Gasteiger charge is -2.12. The molecule has 0 spiro atoms. The third kappa shape index (κ3) is 2.53. The standard InChI is InChI=1S/C17H25N7/c1-7-8-18-15-14-17(20-9-19-15)24(10(2)3)16(21-14)13-11(4)22-23(6)12(13)5/h9-10H,7-8H2,1-6H3,(H,18,19,20). The average Bonchev–Trinajstić information content (AvgIpc) is 3.03. The van der Waals surface area contributed by atoms with Crippen LogP contribution in [0.5, 0.6) is 0 Å². The Kier molecular flexibility index (Phi) is 4.26. The normalized spacial score (nSPS) is 11.6. The molecule has 0 aliphatic heterocycles. The molecule has 0 atom stereocenters. The van der Waals surface area contributed by atoms with E-state index in [0.717, 1.165) is 52.7 Å². The first-order valence-electron chi connectivity index (χ1n) is 8.43. The minimum Gasteiger partial charge on any atom is -0.368 e. The molecule has 1 N–H and O–H groups in total. The summed E-state index contributed by atoms with van der Waals surface area (Å²) < 4.78 is 4.07. The number of imidazole rings is 1. The highest BCUT2D eigenvalue weighted by Crippen LogP contribution is 2.32. The van der Waals surface area contributed by atoms with Crippen LogP contribution in [0.4, 0.5) is 5.82 Å². The van der Waals surface area contributed by atoms with Crippen molar-refractivity contribution in [2.24, 2.45) is 7.05 Å². The van der Waals surface area contributed by atoms with Gasteiger partial charge in [0.05, 0.1) is 11.3 Å². The summed E-state index contributed by atoms with van der Waals surface area (Å²) in [6, 6.07) is 0.234. The Balaban J connectivity index is 2.30. The van der Waals surface area contributed by atoms with Crippen LogP contribution in [0.15, 0.2) is 6.33 Å². The number of rotatable bonds is 5. The second-order valence-corrected chi connectivity index (χ2v) is 6.39. The highest BCUT2D eigenvalue weighted by atomic mass is 15.3. The quantitative estimate of drug-likeness (QED) is 0.778. The fraction of sp³-hybridized carbons (Fsp3) is 0.529. The van der Waals surface area contributed by atoms with Crippen LogP contribution in [0, 0.1) is 13.8 Å². The summed E-state index contributed by atoms with van der Waals surface area (Å²) in [5.74, 6) is 1.70. The Labute approximate surface area is 142 Å². The first kappa shape index (κ1) is 16.4. The molecule has 0 bridgehead atoms. The van der Waals surface area contributed by atoms with Crippen molar-refractivity contribution in [1.82, 2.24) is 29.3 Å². The van der Waals surface area contributed by atoms with Gasteiger partial charge in [0.1, 0.15) is 12.2 Å². The van der Waals surface area contributed by atoms with E-state index in [9.17, 15) is 0 Å². The van der Waals surface area contributed by atoms with Gasteiger partial charge in [0, 0.05) is 25.3 Å². The highest BCUT2D eigenvalue weighted by molar-refractivity contribution is 5.87. The van der Waals surface area contributed by atoms with Gasteiger partial charge < -0.3 is 9.88 Å². The summed E-state index contributed by atoms with van der Waals surface area (Å²) in [4.78, 5) is 13.8. The van der Waals surface area contributed by atoms with Gasteiger partial charge >= 0.3 is 0 Å². The second-order valence-electron chi connectivity index (χ2n) is 6.39. The monoisotopic (exact) mass is 327 g/mol. The maximum atomic E-state index is 4.91. The van der Waals surface area contributed by atoms with E-state index in [1.54, 1.807) is 6.33 Å². The molecule has 3 rings (SSSR count). The van der Waals surface area contributed by atoms with Gasteiger partial charge in [0.2, 0.25) is 0 Å². The number of anilines is 1. The van der Waals surface area contributed by atoms with Crippen molar-refractivity contribution in [3.05, 3.63) is 17.7 Å². The first-order valence-corrected chi connectivity index (χ1v) is 8.43. The maximum Gasteiger partial charge on any atom is 0.166 e. The second kappa shape index (κ2) is 6.22. The molecule has 0 fully saturated rings. The lowest BCUT2D eigenvalue weighted by atomic mass is 10.2. The predicted molar refractivity (Wildman–Crippen MR) is 96.2 cm³/mol. The summed E-state index contributed by atoms with van der Waals surface area (Å²) in [6.07, 6.45) is 2.64. The fourth-order valence-corrected chi connectivity index (χ4v) is 3.04. The lowest BCUT2D eigenvalue weighted by molar-refractivity contribution is 0.619. The van der Waals surface area contributed by atoms with Gasteiger partial charge in [0.15, 0.2) is 17.0 Å². The van der Waals surface area contributed by atoms with Crippen LogP contribution in [-0.4, -0.2) is 35.8 Å². The number of hydrogen-bond donors (Lipinski definition) is 1. The molecular formula is C17H25N7. The number of fused-ring (bicyclic) bond motifs is 1. The molecule has 7 heteroatoms. The summed E-state index contributed by atoms with van der Waals surface area (Å²) in [5, 5.41) is 7.90. The largest absolute Gasteiger partial charge is 0.368 e. The van der Waals surface area contributed by atoms with Gasteiger partial charge in [-0.3, -0.25) is 4.68 Å². The van der Waals surface area contributed by atoms with Gasteiger partial charge in [-0.2, -0.15) is 5.10 Å². The van der Waals surface area contributed by atoms with E-state index < -0.39 is 0 Å². The topological polar surface area (TPSA) is 73.5 Å². The van der Waals surface area contributed by atoms with Crippen LogP contribution in [-0.2, 0) is 7.05 Å². The molecule has 0 saturated carbocycles. The minimum absolute atomic E-state index is 0.234. The van der Waals surface area contributed by atoms with Crippen molar-refractivity contribution >= 4 is 17.0 Å². The van der Waals surface area contributed by atoms with Crippen LogP contribution in [0.3, 0.4) is 0 Å². The van der Waals surface area contributed by atoms with Crippen molar-refractivity contribution in [2.45, 2.75) is 47.1 Å². The molecule has 24 heavy (non-hydrogen) atoms. The van der Waals surface area contributed by atoms with E-state index in [2.05, 4.69) is 52.6 Å². The van der Waals surface area contributed by atoms with Crippen molar-refractivity contribution < 1.29 is 0 Å². The van der Waals surface area contributed by atoms with E-state index in [1.807, 2.05) is 18.7 Å². The molecule has 7 nitrogen and oxygen atoms in total. The van der Waals surface area contributed by atoms with E-state index in [1.165, 1.54) is 0 Å². The molecule has 0 aromatic carbocycles. The maximum absolute atomic E-state index is 4.91. The molecule has 128 valence electrons. The SMILES string of the molecule is CCCNc1ncnc2c1nc(-c1c(C)nn(C)c1C)n2C(C)C. The van der Waals surface area contributed by atoms with E-state index >= 15 is 0 Å². The molecule has 0 saturated heterocycles. The van der Waals surface area contributed by atoms with Crippen LogP contribution < -0.4 is 5.32 Å². The van der Waals surface area contributed by atoms with Crippen molar-refractivity contribution in [2.75, 3.05) is 11.9 Å². The zero-order chi connectivity index (χ0) is 17.4. The Hall–Kier alpha value is -2.44. The summed E-state index contributed by atoms with van der Waals surface area (Å²) in [5.41, 5.74) is 4.82. The van der Waals surface area contributed by atoms with Crippen molar-refractivity contribution in [3.63, 3.8) is 0 Å². The summed E-state index contributed by atoms with van der Waals surface area (Å²) in [7, 11) is 1.96. The zero-order valence-electron chi connectivity index (χ0n) is 15.3. The molecular weight excluding hydrogens is 302 g/mol. The van der Waals surface area contributed by atoms with Crippen LogP contribution in [0.2, 0.25) is 0 Å². The Morgan fingerprint density at radius 1 is 1.21 bits per heavy atom. The predicted octanol–water partition coefficient (Wildman–Crippen LogP) is 3.25. The Morgan fingerprint density at radius 3 is 2.54 bits per heavy atom. The highest BCUT2D eigenvalue weighted by Gasteiger charge is 2.23. The molecule has 0 unspecified atom stereocenters. The summed E-state index contributed by atoms with van der Waals surface area (Å²) in [6.45, 7) is 11.4. The van der Waals surface area contributed by atoms with E-state index in [-0.39, 0.29) is 6.04 Å². The third-order valence-corrected chi connectivity index (χ3v) is 4.27. The van der Waals surface area contributed by atoms with Crippen molar-refractivity contribution in [1.29, 1.82) is 0 Å². The summed E-state index contributed by atoms with van der Waals surface area (Å²) >= 11 is 0. The molecule has 3 heterocycles. The molecule has 0 aliphatic rings. The molecule has 3 aromatic heterocycles. The smallest absolute Gasteiger partial charge is 0.166 e. The lowest BCUT2D eigenvalue weighted by Crippen LogP contribution is -2.06. The average molecular weight is 327 g/mol.